The molecule has 17 heteroatoms. The molecule has 0 N–H and O–H groups in total. The Morgan fingerprint density at radius 2 is 0.384 bits per heavy atom. The third kappa shape index (κ3) is 6.45. The molecular weight excluding hydrogens is 856 g/mol. The Hall–Kier alpha value is -6.18. The Bertz CT molecular complexity index is 4410. The van der Waals surface area contributed by atoms with Gasteiger partial charge < -0.3 is 0 Å². The first-order valence-corrected chi connectivity index (χ1v) is 23.0. The zero-order chi connectivity index (χ0) is 51.5. The normalized spacial score (nSPS) is 11.9. The first-order chi connectivity index (χ1) is 34.9. The molecule has 292 valence electrons. The highest BCUT2D eigenvalue weighted by atomic mass is 14.3. The van der Waals surface area contributed by atoms with Gasteiger partial charge >= 0.3 is 0 Å². The fourth-order valence-electron chi connectivity index (χ4n) is 11.5. The Morgan fingerprint density at radius 1 is 0.151 bits per heavy atom. The highest BCUT2D eigenvalue weighted by molar-refractivity contribution is 6.76. The maximum absolute atomic E-state index is 7.07. The Kier molecular flexibility index (Phi) is 11.1. The second-order valence-corrected chi connectivity index (χ2v) is 18.8. The van der Waals surface area contributed by atoms with Crippen LogP contribution in [0.5, 0.6) is 0 Å². The summed E-state index contributed by atoms with van der Waals surface area (Å²) in [5, 5.41) is 6.15. The third-order valence-corrected chi connectivity index (χ3v) is 15.1. The Morgan fingerprint density at radius 3 is 0.712 bits per heavy atom. The van der Waals surface area contributed by atoms with Crippen LogP contribution in [0.4, 0.5) is 0 Å². The predicted molar refractivity (Wildman–Crippen MR) is 333 cm³/mol. The van der Waals surface area contributed by atoms with Crippen molar-refractivity contribution in [2.24, 2.45) is 0 Å². The lowest BCUT2D eigenvalue weighted by Gasteiger charge is -2.30. The second kappa shape index (κ2) is 16.9. The monoisotopic (exact) mass is 876 g/mol. The van der Waals surface area contributed by atoms with Crippen molar-refractivity contribution in [3.8, 4) is 55.6 Å². The summed E-state index contributed by atoms with van der Waals surface area (Å²) in [4.78, 5) is 0. The number of hydrogen-bond donors (Lipinski definition) is 0. The van der Waals surface area contributed by atoms with Gasteiger partial charge in [0.25, 0.3) is 0 Å². The molecule has 0 atom stereocenters. The zero-order valence-electron chi connectivity index (χ0n) is 39.1. The lowest BCUT2D eigenvalue weighted by Crippen LogP contribution is -2.48. The highest BCUT2D eigenvalue weighted by Gasteiger charge is 2.28. The van der Waals surface area contributed by atoms with E-state index in [1.54, 1.807) is 0 Å². The highest BCUT2D eigenvalue weighted by Crippen LogP contribution is 2.39. The van der Waals surface area contributed by atoms with Gasteiger partial charge in [0.1, 0.15) is 133 Å². The molecule has 0 aliphatic heterocycles. The quantitative estimate of drug-likeness (QED) is 0.121. The molecule has 0 unspecified atom stereocenters. The van der Waals surface area contributed by atoms with Gasteiger partial charge in [-0.25, -0.2) is 0 Å². The van der Waals surface area contributed by atoms with E-state index in [0.29, 0.717) is 92.4 Å². The van der Waals surface area contributed by atoms with E-state index in [-0.39, 0.29) is 87.4 Å². The number of rotatable bonds is 5. The fraction of sp³-hybridized carbons (Fsp3) is 0. The largest absolute Gasteiger partial charge is 0.113 e. The maximum Gasteiger partial charge on any atom is 0.113 e. The van der Waals surface area contributed by atoms with E-state index in [9.17, 15) is 0 Å². The minimum absolute atomic E-state index is 0.116. The van der Waals surface area contributed by atoms with E-state index in [2.05, 4.69) is 0 Å². The summed E-state index contributed by atoms with van der Waals surface area (Å²) in [6.45, 7) is 0. The van der Waals surface area contributed by atoms with Gasteiger partial charge in [-0.15, -0.1) is 5.46 Å². The maximum atomic E-state index is 7.07. The molecule has 73 heavy (non-hydrogen) atoms. The third-order valence-electron chi connectivity index (χ3n) is 15.1. The second-order valence-electron chi connectivity index (χ2n) is 18.8. The van der Waals surface area contributed by atoms with Crippen LogP contribution in [0.3, 0.4) is 0 Å². The van der Waals surface area contributed by atoms with E-state index in [4.69, 9.17) is 133 Å². The van der Waals surface area contributed by atoms with Crippen molar-refractivity contribution in [3.63, 3.8) is 0 Å². The summed E-state index contributed by atoms with van der Waals surface area (Å²) in [5.74, 6) is 0. The fourth-order valence-corrected chi connectivity index (χ4v) is 11.5. The summed E-state index contributed by atoms with van der Waals surface area (Å²) in [6.07, 6.45) is 0. The molecule has 12 aromatic rings. The van der Waals surface area contributed by atoms with Gasteiger partial charge in [-0.05, 0) is 132 Å². The first kappa shape index (κ1) is 47.8. The van der Waals surface area contributed by atoms with E-state index in [0.717, 1.165) is 33.4 Å². The van der Waals surface area contributed by atoms with Gasteiger partial charge in [-0.3, -0.25) is 0 Å². The number of hydrogen-bond acceptors (Lipinski definition) is 0. The topological polar surface area (TPSA) is 0 Å². The van der Waals surface area contributed by atoms with Crippen molar-refractivity contribution < 1.29 is 0 Å². The molecule has 0 spiro atoms. The van der Waals surface area contributed by atoms with Crippen molar-refractivity contribution in [2.75, 3.05) is 0 Å². The molecule has 0 saturated carbocycles. The van der Waals surface area contributed by atoms with Crippen LogP contribution >= 0.6 is 0 Å². The van der Waals surface area contributed by atoms with Gasteiger partial charge in [0, 0.05) is 0 Å². The van der Waals surface area contributed by atoms with Crippen LogP contribution in [0.2, 0.25) is 0 Å². The van der Waals surface area contributed by atoms with E-state index >= 15 is 0 Å². The molecule has 12 rings (SSSR count). The molecule has 0 amide bonds. The minimum Gasteiger partial charge on any atom is -0.109 e. The summed E-state index contributed by atoms with van der Waals surface area (Å²) < 4.78 is 0. The van der Waals surface area contributed by atoms with Crippen LogP contribution in [0, 0.1) is 0 Å². The van der Waals surface area contributed by atoms with Crippen LogP contribution < -0.4 is 92.9 Å². The average Bonchev–Trinajstić information content (AvgIpc) is 3.39. The molecule has 34 radical (unpaired) electrons. The van der Waals surface area contributed by atoms with Crippen molar-refractivity contribution in [2.45, 2.75) is 0 Å². The molecule has 0 nitrogen and oxygen atoms in total. The lowest BCUT2D eigenvalue weighted by molar-refractivity contribution is 1.59. The predicted octanol–water partition coefficient (Wildman–Crippen LogP) is -4.69. The molecule has 0 heterocycles. The Labute approximate surface area is 446 Å². The summed E-state index contributed by atoms with van der Waals surface area (Å²) >= 11 is 0. The van der Waals surface area contributed by atoms with Crippen LogP contribution in [0.15, 0.2) is 103 Å². The van der Waals surface area contributed by atoms with Crippen molar-refractivity contribution in [1.29, 1.82) is 0 Å². The summed E-state index contributed by atoms with van der Waals surface area (Å²) in [6, 6.07) is 33.5. The molecule has 0 aromatic heterocycles. The lowest BCUT2D eigenvalue weighted by atomic mass is 9.58. The first-order valence-electron chi connectivity index (χ1n) is 23.0. The van der Waals surface area contributed by atoms with Gasteiger partial charge in [0.2, 0.25) is 0 Å². The summed E-state index contributed by atoms with van der Waals surface area (Å²) in [5.41, 5.74) is 11.2. The van der Waals surface area contributed by atoms with E-state index in [1.807, 2.05) is 103 Å². The zero-order valence-corrected chi connectivity index (χ0v) is 39.1. The average molecular weight is 874 g/mol. The molecule has 0 saturated heterocycles. The van der Waals surface area contributed by atoms with Crippen LogP contribution in [0.1, 0.15) is 0 Å². The van der Waals surface area contributed by atoms with Crippen molar-refractivity contribution in [1.82, 2.24) is 0 Å². The molecule has 12 aromatic carbocycles. The molecule has 0 aliphatic carbocycles. The van der Waals surface area contributed by atoms with Gasteiger partial charge in [0.05, 0.1) is 0 Å². The van der Waals surface area contributed by atoms with Crippen molar-refractivity contribution >= 4 is 291 Å². The minimum atomic E-state index is 0.116. The van der Waals surface area contributed by atoms with Crippen LogP contribution in [-0.2, 0) is 0 Å². The van der Waals surface area contributed by atoms with Gasteiger partial charge in [-0.2, -0.15) is 0 Å². The number of benzene rings is 12. The molecular formula is C56H17B17. The van der Waals surface area contributed by atoms with Gasteiger partial charge in [-0.1, -0.05) is 178 Å². The van der Waals surface area contributed by atoms with E-state index in [1.165, 1.54) is 0 Å². The van der Waals surface area contributed by atoms with Crippen molar-refractivity contribution in [3.05, 3.63) is 103 Å². The SMILES string of the molecule is [B]c1c([B])c2c([B])c([B])c3c([B])c([B])c(-c4cccc(-c5ccc(-c6cccc(-c7c([B])c([B])c8c([B])c([B])c9c(-c%10ccccc%10)c([B])c([B])c%10c([B])c([B])c7c8c%109)c6)cc5)c4)c4c([B])c([B])c(c1[B])c2c34. The van der Waals surface area contributed by atoms with Crippen LogP contribution in [0.25, 0.3) is 120 Å². The smallest absolute Gasteiger partial charge is 0.109 e. The standard InChI is InChI=1S/C56H17B17/c57-40-25(20-6-2-1-3-7-20)32-28-29-33(44(61)50(67)35(28)46(40)63)26(41(58)47(64)36(29)49(66)43(32)60)23-10-4-8-21(16-23)18-12-14-19(15-13-18)22-9-5-11-24(17-22)27-34-30-31-38(51(68)45(34)62)54(71)56(73)55(72)39(31)53(70)52(69)37(30)48(65)42(27)59/h1-17H. The van der Waals surface area contributed by atoms with Gasteiger partial charge in [0.15, 0.2) is 0 Å². The van der Waals surface area contributed by atoms with E-state index < -0.39 is 0 Å². The van der Waals surface area contributed by atoms with Crippen LogP contribution in [-0.4, -0.2) is 133 Å². The molecule has 0 bridgehead atoms. The molecule has 0 aliphatic rings. The summed E-state index contributed by atoms with van der Waals surface area (Å²) in [7, 11) is 116. The molecule has 0 fully saturated rings. The Balaban J connectivity index is 0.999.